The van der Waals surface area contributed by atoms with E-state index in [0.717, 1.165) is 24.6 Å². The molecule has 2 heterocycles. The van der Waals surface area contributed by atoms with Crippen molar-refractivity contribution in [3.05, 3.63) is 16.5 Å². The first kappa shape index (κ1) is 11.2. The number of fused-ring (bicyclic) bond motifs is 1. The van der Waals surface area contributed by atoms with E-state index in [-0.39, 0.29) is 0 Å². The largest absolute Gasteiger partial charge is 0.367 e. The molecule has 3 rings (SSSR count). The van der Waals surface area contributed by atoms with Crippen molar-refractivity contribution in [1.29, 1.82) is 0 Å². The maximum Gasteiger partial charge on any atom is 0.224 e. The third kappa shape index (κ3) is 2.38. The maximum atomic E-state index is 5.96. The van der Waals surface area contributed by atoms with E-state index in [4.69, 9.17) is 11.6 Å². The quantitative estimate of drug-likeness (QED) is 0.794. The van der Waals surface area contributed by atoms with Crippen molar-refractivity contribution >= 4 is 17.4 Å². The molecule has 0 amide bonds. The topological polar surface area (TPSA) is 49.8 Å². The fourth-order valence-corrected chi connectivity index (χ4v) is 2.88. The van der Waals surface area contributed by atoms with E-state index in [1.54, 1.807) is 0 Å². The van der Waals surface area contributed by atoms with Crippen molar-refractivity contribution in [2.75, 3.05) is 5.32 Å². The van der Waals surface area contributed by atoms with E-state index in [1.165, 1.54) is 37.7 Å². The van der Waals surface area contributed by atoms with Gasteiger partial charge in [-0.05, 0) is 24.4 Å². The molecule has 4 nitrogen and oxygen atoms in total. The number of nitrogens with zero attached hydrogens (tertiary/aromatic N) is 2. The van der Waals surface area contributed by atoms with Crippen LogP contribution in [0.1, 0.15) is 43.4 Å². The number of halogens is 1. The summed E-state index contributed by atoms with van der Waals surface area (Å²) in [6.45, 7) is 1.65. The Kier molecular flexibility index (Phi) is 3.16. The molecule has 0 saturated heterocycles. The van der Waals surface area contributed by atoms with Gasteiger partial charge in [-0.25, -0.2) is 9.97 Å². The van der Waals surface area contributed by atoms with Gasteiger partial charge in [0.2, 0.25) is 5.28 Å². The van der Waals surface area contributed by atoms with E-state index < -0.39 is 0 Å². The Balaban J connectivity index is 1.82. The summed E-state index contributed by atoms with van der Waals surface area (Å²) in [5.74, 6) is 0.942. The van der Waals surface area contributed by atoms with Crippen molar-refractivity contribution < 1.29 is 0 Å². The van der Waals surface area contributed by atoms with Gasteiger partial charge in [-0.2, -0.15) is 0 Å². The molecule has 2 aliphatic rings. The summed E-state index contributed by atoms with van der Waals surface area (Å²) in [6, 6.07) is 0.555. The summed E-state index contributed by atoms with van der Waals surface area (Å²) in [5, 5.41) is 7.19. The minimum atomic E-state index is 0.353. The van der Waals surface area contributed by atoms with Gasteiger partial charge in [-0.3, -0.25) is 0 Å². The second-order valence-electron chi connectivity index (χ2n) is 4.85. The predicted octanol–water partition coefficient (Wildman–Crippen LogP) is 2.48. The minimum Gasteiger partial charge on any atom is -0.367 e. The van der Waals surface area contributed by atoms with Crippen LogP contribution < -0.4 is 10.6 Å². The standard InChI is InChI=1S/C12H17ClN4/c13-12-16-10-7-14-6-9(10)11(17-12)15-8-4-2-1-3-5-8/h8,14H,1-7H2,(H,15,16,17). The third-order valence-electron chi connectivity index (χ3n) is 3.61. The van der Waals surface area contributed by atoms with Crippen LogP contribution in [-0.4, -0.2) is 16.0 Å². The molecule has 0 spiro atoms. The normalized spacial score (nSPS) is 20.3. The molecule has 2 N–H and O–H groups in total. The fourth-order valence-electron chi connectivity index (χ4n) is 2.70. The Labute approximate surface area is 106 Å². The van der Waals surface area contributed by atoms with Crippen molar-refractivity contribution in [3.63, 3.8) is 0 Å². The van der Waals surface area contributed by atoms with E-state index in [2.05, 4.69) is 20.6 Å². The van der Waals surface area contributed by atoms with Gasteiger partial charge in [0.25, 0.3) is 0 Å². The van der Waals surface area contributed by atoms with Crippen molar-refractivity contribution in [3.8, 4) is 0 Å². The van der Waals surface area contributed by atoms with Gasteiger partial charge in [-0.1, -0.05) is 19.3 Å². The number of hydrogen-bond acceptors (Lipinski definition) is 4. The first-order chi connectivity index (χ1) is 8.33. The lowest BCUT2D eigenvalue weighted by Crippen LogP contribution is -2.24. The van der Waals surface area contributed by atoms with Crippen LogP contribution in [0.3, 0.4) is 0 Å². The van der Waals surface area contributed by atoms with Gasteiger partial charge in [-0.15, -0.1) is 0 Å². The summed E-state index contributed by atoms with van der Waals surface area (Å²) in [4.78, 5) is 8.60. The number of rotatable bonds is 2. The lowest BCUT2D eigenvalue weighted by Gasteiger charge is -2.24. The van der Waals surface area contributed by atoms with Crippen LogP contribution in [-0.2, 0) is 13.1 Å². The van der Waals surface area contributed by atoms with Crippen LogP contribution in [0.25, 0.3) is 0 Å². The molecule has 1 aliphatic carbocycles. The number of nitrogens with one attached hydrogen (secondary N) is 2. The molecular formula is C12H17ClN4. The fraction of sp³-hybridized carbons (Fsp3) is 0.667. The molecule has 1 aromatic heterocycles. The Morgan fingerprint density at radius 2 is 1.94 bits per heavy atom. The lowest BCUT2D eigenvalue weighted by molar-refractivity contribution is 0.461. The summed E-state index contributed by atoms with van der Waals surface area (Å²) < 4.78 is 0. The Bertz CT molecular complexity index is 415. The molecule has 17 heavy (non-hydrogen) atoms. The average Bonchev–Trinajstić information content (AvgIpc) is 2.78. The molecular weight excluding hydrogens is 236 g/mol. The Morgan fingerprint density at radius 1 is 1.12 bits per heavy atom. The lowest BCUT2D eigenvalue weighted by atomic mass is 9.95. The molecule has 1 fully saturated rings. The zero-order valence-corrected chi connectivity index (χ0v) is 10.6. The Morgan fingerprint density at radius 3 is 2.76 bits per heavy atom. The monoisotopic (exact) mass is 252 g/mol. The highest BCUT2D eigenvalue weighted by Gasteiger charge is 2.21. The van der Waals surface area contributed by atoms with Crippen LogP contribution in [0.5, 0.6) is 0 Å². The summed E-state index contributed by atoms with van der Waals surface area (Å²) >= 11 is 5.96. The molecule has 0 unspecified atom stereocenters. The van der Waals surface area contributed by atoms with E-state index in [9.17, 15) is 0 Å². The zero-order valence-electron chi connectivity index (χ0n) is 9.80. The summed E-state index contributed by atoms with van der Waals surface area (Å²) in [5.41, 5.74) is 2.24. The number of aromatic nitrogens is 2. The molecule has 0 atom stereocenters. The van der Waals surface area contributed by atoms with Crippen LogP contribution in [0.2, 0.25) is 5.28 Å². The average molecular weight is 253 g/mol. The van der Waals surface area contributed by atoms with Crippen LogP contribution >= 0.6 is 11.6 Å². The van der Waals surface area contributed by atoms with E-state index in [0.29, 0.717) is 11.3 Å². The van der Waals surface area contributed by atoms with Crippen LogP contribution in [0.15, 0.2) is 0 Å². The summed E-state index contributed by atoms with van der Waals surface area (Å²) in [6.07, 6.45) is 6.48. The SMILES string of the molecule is Clc1nc2c(c(NC3CCCCC3)n1)CNC2. The second kappa shape index (κ2) is 4.78. The van der Waals surface area contributed by atoms with Gasteiger partial charge in [0.05, 0.1) is 5.69 Å². The smallest absolute Gasteiger partial charge is 0.224 e. The van der Waals surface area contributed by atoms with E-state index >= 15 is 0 Å². The van der Waals surface area contributed by atoms with Gasteiger partial charge >= 0.3 is 0 Å². The van der Waals surface area contributed by atoms with Crippen molar-refractivity contribution in [1.82, 2.24) is 15.3 Å². The molecule has 1 aliphatic heterocycles. The molecule has 0 radical (unpaired) electrons. The molecule has 1 saturated carbocycles. The van der Waals surface area contributed by atoms with Crippen molar-refractivity contribution in [2.45, 2.75) is 51.2 Å². The van der Waals surface area contributed by atoms with Gasteiger partial charge in [0.1, 0.15) is 5.82 Å². The molecule has 5 heteroatoms. The van der Waals surface area contributed by atoms with Crippen molar-refractivity contribution in [2.24, 2.45) is 0 Å². The predicted molar refractivity (Wildman–Crippen MR) is 68.1 cm³/mol. The van der Waals surface area contributed by atoms with Gasteiger partial charge in [0.15, 0.2) is 0 Å². The number of hydrogen-bond donors (Lipinski definition) is 2. The first-order valence-electron chi connectivity index (χ1n) is 6.35. The molecule has 1 aromatic rings. The van der Waals surface area contributed by atoms with Crippen LogP contribution in [0.4, 0.5) is 5.82 Å². The van der Waals surface area contributed by atoms with Crippen LogP contribution in [0, 0.1) is 0 Å². The Hall–Kier alpha value is -0.870. The highest BCUT2D eigenvalue weighted by molar-refractivity contribution is 6.28. The second-order valence-corrected chi connectivity index (χ2v) is 5.19. The number of anilines is 1. The summed E-state index contributed by atoms with van der Waals surface area (Å²) in [7, 11) is 0. The van der Waals surface area contributed by atoms with E-state index in [1.807, 2.05) is 0 Å². The van der Waals surface area contributed by atoms with Gasteiger partial charge < -0.3 is 10.6 Å². The molecule has 92 valence electrons. The third-order valence-corrected chi connectivity index (χ3v) is 3.77. The molecule has 0 aromatic carbocycles. The van der Waals surface area contributed by atoms with Gasteiger partial charge in [0, 0.05) is 24.7 Å². The maximum absolute atomic E-state index is 5.96. The molecule has 0 bridgehead atoms. The minimum absolute atomic E-state index is 0.353. The zero-order chi connectivity index (χ0) is 11.7. The highest BCUT2D eigenvalue weighted by atomic mass is 35.5. The highest BCUT2D eigenvalue weighted by Crippen LogP contribution is 2.26. The first-order valence-corrected chi connectivity index (χ1v) is 6.73.